The van der Waals surface area contributed by atoms with Gasteiger partial charge in [0.15, 0.2) is 0 Å². The minimum absolute atomic E-state index is 0.157. The Morgan fingerprint density at radius 3 is 2.05 bits per heavy atom. The zero-order valence-corrected chi connectivity index (χ0v) is 14.0. The van der Waals surface area contributed by atoms with Gasteiger partial charge in [0.2, 0.25) is 8.32 Å². The molecule has 110 valence electrons. The molecule has 0 heterocycles. The van der Waals surface area contributed by atoms with E-state index in [1.165, 1.54) is 0 Å². The van der Waals surface area contributed by atoms with E-state index in [0.717, 1.165) is 24.2 Å². The Labute approximate surface area is 122 Å². The summed E-state index contributed by atoms with van der Waals surface area (Å²) in [6, 6.07) is 7.64. The fourth-order valence-electron chi connectivity index (χ4n) is 2.04. The highest BCUT2D eigenvalue weighted by Gasteiger charge is 2.51. The van der Waals surface area contributed by atoms with Gasteiger partial charge in [-0.3, -0.25) is 4.79 Å². The van der Waals surface area contributed by atoms with Crippen LogP contribution in [0.3, 0.4) is 0 Å². The molecule has 0 spiro atoms. The van der Waals surface area contributed by atoms with Crippen molar-refractivity contribution in [3.63, 3.8) is 0 Å². The smallest absolute Gasteiger partial charge is 0.314 e. The Hall–Kier alpha value is -1.29. The van der Waals surface area contributed by atoms with Crippen LogP contribution in [0.1, 0.15) is 39.2 Å². The Kier molecular flexibility index (Phi) is 3.49. The lowest BCUT2D eigenvalue weighted by molar-refractivity contribution is -0.140. The molecule has 0 aromatic heterocycles. The van der Waals surface area contributed by atoms with Crippen molar-refractivity contribution >= 4 is 14.3 Å². The maximum atomic E-state index is 11.3. The van der Waals surface area contributed by atoms with Gasteiger partial charge in [-0.2, -0.15) is 0 Å². The van der Waals surface area contributed by atoms with Crippen molar-refractivity contribution in [2.75, 3.05) is 0 Å². The first-order chi connectivity index (χ1) is 9.08. The van der Waals surface area contributed by atoms with Gasteiger partial charge in [0.25, 0.3) is 0 Å². The standard InChI is InChI=1S/C16H24O3Si/c1-15(2,3)20(4,5)19-13-8-6-12(7-9-13)16(10-11-16)14(17)18/h6-9H,10-11H2,1-5H3,(H,17,18). The molecule has 0 bridgehead atoms. The molecule has 0 amide bonds. The molecule has 1 aromatic rings. The number of benzene rings is 1. The van der Waals surface area contributed by atoms with Crippen LogP contribution in [-0.4, -0.2) is 19.4 Å². The molecule has 4 heteroatoms. The number of carbonyl (C=O) groups is 1. The summed E-state index contributed by atoms with van der Waals surface area (Å²) in [5.41, 5.74) is 0.266. The molecule has 20 heavy (non-hydrogen) atoms. The van der Waals surface area contributed by atoms with Crippen LogP contribution >= 0.6 is 0 Å². The van der Waals surface area contributed by atoms with Crippen LogP contribution < -0.4 is 4.43 Å². The van der Waals surface area contributed by atoms with Crippen molar-refractivity contribution in [3.8, 4) is 5.75 Å². The van der Waals surface area contributed by atoms with Crippen molar-refractivity contribution in [3.05, 3.63) is 29.8 Å². The zero-order chi connectivity index (χ0) is 15.2. The minimum atomic E-state index is -1.83. The molecule has 3 nitrogen and oxygen atoms in total. The van der Waals surface area contributed by atoms with Gasteiger partial charge in [-0.25, -0.2) is 0 Å². The molecular formula is C16H24O3Si. The number of rotatable bonds is 4. The lowest BCUT2D eigenvalue weighted by Gasteiger charge is -2.36. The average Bonchev–Trinajstić information content (AvgIpc) is 3.09. The Bertz CT molecular complexity index is 508. The molecule has 0 radical (unpaired) electrons. The first kappa shape index (κ1) is 15.1. The van der Waals surface area contributed by atoms with Crippen molar-refractivity contribution in [1.29, 1.82) is 0 Å². The monoisotopic (exact) mass is 292 g/mol. The lowest BCUT2D eigenvalue weighted by Crippen LogP contribution is -2.43. The van der Waals surface area contributed by atoms with Crippen LogP contribution in [0.5, 0.6) is 5.75 Å². The zero-order valence-electron chi connectivity index (χ0n) is 13.0. The van der Waals surface area contributed by atoms with Crippen LogP contribution in [0.15, 0.2) is 24.3 Å². The van der Waals surface area contributed by atoms with Crippen molar-refractivity contribution < 1.29 is 14.3 Å². The summed E-state index contributed by atoms with van der Waals surface area (Å²) >= 11 is 0. The van der Waals surface area contributed by atoms with Crippen LogP contribution in [-0.2, 0) is 10.2 Å². The predicted octanol–water partition coefficient (Wildman–Crippen LogP) is 4.19. The summed E-state index contributed by atoms with van der Waals surface area (Å²) in [4.78, 5) is 11.3. The molecule has 0 aliphatic heterocycles. The fraction of sp³-hybridized carbons (Fsp3) is 0.562. The van der Waals surface area contributed by atoms with Crippen molar-refractivity contribution in [1.82, 2.24) is 0 Å². The van der Waals surface area contributed by atoms with Gasteiger partial charge in [-0.05, 0) is 48.7 Å². The first-order valence-electron chi connectivity index (χ1n) is 7.11. The van der Waals surface area contributed by atoms with Gasteiger partial charge < -0.3 is 9.53 Å². The van der Waals surface area contributed by atoms with E-state index in [9.17, 15) is 9.90 Å². The predicted molar refractivity (Wildman–Crippen MR) is 82.8 cm³/mol. The molecule has 1 fully saturated rings. The van der Waals surface area contributed by atoms with Crippen LogP contribution in [0.25, 0.3) is 0 Å². The van der Waals surface area contributed by atoms with E-state index in [-0.39, 0.29) is 5.04 Å². The molecule has 1 aliphatic rings. The second-order valence-electron chi connectivity index (χ2n) is 7.27. The summed E-state index contributed by atoms with van der Waals surface area (Å²) < 4.78 is 6.21. The SMILES string of the molecule is CC(C)(C)[Si](C)(C)Oc1ccc(C2(C(=O)O)CC2)cc1. The summed E-state index contributed by atoms with van der Waals surface area (Å²) in [6.07, 6.45) is 1.48. The number of carboxylic acids is 1. The van der Waals surface area contributed by atoms with Gasteiger partial charge in [-0.15, -0.1) is 0 Å². The van der Waals surface area contributed by atoms with E-state index in [1.807, 2.05) is 24.3 Å². The average molecular weight is 292 g/mol. The van der Waals surface area contributed by atoms with Crippen molar-refractivity contribution in [2.24, 2.45) is 0 Å². The molecule has 1 aromatic carbocycles. The fourth-order valence-corrected chi connectivity index (χ4v) is 3.07. The second kappa shape index (κ2) is 4.62. The molecule has 0 unspecified atom stereocenters. The van der Waals surface area contributed by atoms with Gasteiger partial charge >= 0.3 is 5.97 Å². The van der Waals surface area contributed by atoms with Gasteiger partial charge in [-0.1, -0.05) is 32.9 Å². The number of aliphatic carboxylic acids is 1. The number of hydrogen-bond acceptors (Lipinski definition) is 2. The van der Waals surface area contributed by atoms with Gasteiger partial charge in [0, 0.05) is 0 Å². The van der Waals surface area contributed by atoms with Gasteiger partial charge in [0.1, 0.15) is 5.75 Å². The summed E-state index contributed by atoms with van der Waals surface area (Å²) in [6.45, 7) is 11.0. The van der Waals surface area contributed by atoms with E-state index >= 15 is 0 Å². The molecule has 1 N–H and O–H groups in total. The van der Waals surface area contributed by atoms with Crippen LogP contribution in [0, 0.1) is 0 Å². The quantitative estimate of drug-likeness (QED) is 0.847. The highest BCUT2D eigenvalue weighted by atomic mass is 28.4. The second-order valence-corrected chi connectivity index (χ2v) is 12.0. The highest BCUT2D eigenvalue weighted by Crippen LogP contribution is 2.48. The summed E-state index contributed by atoms with van der Waals surface area (Å²) in [5.74, 6) is 0.136. The topological polar surface area (TPSA) is 46.5 Å². The third-order valence-electron chi connectivity index (χ3n) is 4.75. The van der Waals surface area contributed by atoms with E-state index < -0.39 is 19.7 Å². The lowest BCUT2D eigenvalue weighted by atomic mass is 9.96. The number of hydrogen-bond donors (Lipinski definition) is 1. The van der Waals surface area contributed by atoms with E-state index in [1.54, 1.807) is 0 Å². The molecule has 1 saturated carbocycles. The normalized spacial score (nSPS) is 17.6. The van der Waals surface area contributed by atoms with E-state index in [2.05, 4.69) is 33.9 Å². The van der Waals surface area contributed by atoms with Crippen molar-refractivity contribution in [2.45, 2.75) is 57.2 Å². The maximum absolute atomic E-state index is 11.3. The minimum Gasteiger partial charge on any atom is -0.544 e. The molecule has 1 aliphatic carbocycles. The van der Waals surface area contributed by atoms with Crippen LogP contribution in [0.2, 0.25) is 18.1 Å². The Balaban J connectivity index is 2.16. The van der Waals surface area contributed by atoms with E-state index in [0.29, 0.717) is 0 Å². The summed E-state index contributed by atoms with van der Waals surface area (Å²) in [5, 5.41) is 9.45. The molecule has 0 atom stereocenters. The molecule has 0 saturated heterocycles. The highest BCUT2D eigenvalue weighted by molar-refractivity contribution is 6.74. The largest absolute Gasteiger partial charge is 0.544 e. The third kappa shape index (κ3) is 2.61. The first-order valence-corrected chi connectivity index (χ1v) is 10.0. The Morgan fingerprint density at radius 2 is 1.70 bits per heavy atom. The van der Waals surface area contributed by atoms with Gasteiger partial charge in [0.05, 0.1) is 5.41 Å². The molecular weight excluding hydrogens is 268 g/mol. The molecule has 2 rings (SSSR count). The maximum Gasteiger partial charge on any atom is 0.314 e. The summed E-state index contributed by atoms with van der Waals surface area (Å²) in [7, 11) is -1.83. The number of carboxylic acid groups (broad SMARTS) is 1. The van der Waals surface area contributed by atoms with E-state index in [4.69, 9.17) is 4.43 Å². The Morgan fingerprint density at radius 1 is 1.20 bits per heavy atom. The van der Waals surface area contributed by atoms with Crippen LogP contribution in [0.4, 0.5) is 0 Å². The third-order valence-corrected chi connectivity index (χ3v) is 9.10.